The highest BCUT2D eigenvalue weighted by atomic mass is 79.9. The predicted octanol–water partition coefficient (Wildman–Crippen LogP) is 3.85. The molecule has 3 nitrogen and oxygen atoms in total. The van der Waals surface area contributed by atoms with Crippen LogP contribution >= 0.6 is 15.9 Å². The fourth-order valence-corrected chi connectivity index (χ4v) is 2.18. The van der Waals surface area contributed by atoms with E-state index < -0.39 is 11.7 Å². The minimum absolute atomic E-state index is 0.0646. The Morgan fingerprint density at radius 3 is 2.63 bits per heavy atom. The van der Waals surface area contributed by atoms with Gasteiger partial charge in [0.05, 0.1) is 5.56 Å². The first-order valence-electron chi connectivity index (χ1n) is 5.54. The Morgan fingerprint density at radius 1 is 1.26 bits per heavy atom. The van der Waals surface area contributed by atoms with Gasteiger partial charge in [-0.05, 0) is 47.1 Å². The highest BCUT2D eigenvalue weighted by Crippen LogP contribution is 2.26. The summed E-state index contributed by atoms with van der Waals surface area (Å²) in [5, 5.41) is 12.1. The molecule has 0 saturated carbocycles. The van der Waals surface area contributed by atoms with Crippen molar-refractivity contribution in [2.24, 2.45) is 0 Å². The molecule has 0 saturated heterocycles. The molecule has 2 N–H and O–H groups in total. The lowest BCUT2D eigenvalue weighted by Crippen LogP contribution is -2.15. The van der Waals surface area contributed by atoms with Crippen molar-refractivity contribution in [3.05, 3.63) is 57.8 Å². The molecule has 0 unspecified atom stereocenters. The van der Waals surface area contributed by atoms with Crippen LogP contribution in [0, 0.1) is 12.7 Å². The second-order valence-electron chi connectivity index (χ2n) is 4.00. The molecular formula is C14H11BrFNO2. The number of nitrogens with one attached hydrogen (secondary N) is 1. The van der Waals surface area contributed by atoms with E-state index in [1.54, 1.807) is 25.1 Å². The Hall–Kier alpha value is -1.88. The van der Waals surface area contributed by atoms with Crippen molar-refractivity contribution in [1.29, 1.82) is 0 Å². The molecule has 19 heavy (non-hydrogen) atoms. The zero-order valence-corrected chi connectivity index (χ0v) is 11.7. The Morgan fingerprint density at radius 2 is 1.95 bits per heavy atom. The van der Waals surface area contributed by atoms with Gasteiger partial charge in [-0.3, -0.25) is 4.79 Å². The summed E-state index contributed by atoms with van der Waals surface area (Å²) in [6, 6.07) is 9.08. The van der Waals surface area contributed by atoms with Crippen molar-refractivity contribution in [3.63, 3.8) is 0 Å². The van der Waals surface area contributed by atoms with E-state index in [0.717, 1.165) is 0 Å². The summed E-state index contributed by atoms with van der Waals surface area (Å²) < 4.78 is 14.0. The number of anilines is 1. The quantitative estimate of drug-likeness (QED) is 0.881. The number of carbonyl (C=O) groups excluding carboxylic acids is 1. The largest absolute Gasteiger partial charge is 0.508 e. The standard InChI is InChI=1S/C14H11BrFNO2/c1-8-11(6-3-7-12(8)18)17-14(19)13-9(15)4-2-5-10(13)16/h2-7,18H,1H3,(H,17,19). The zero-order valence-electron chi connectivity index (χ0n) is 10.1. The summed E-state index contributed by atoms with van der Waals surface area (Å²) in [6.45, 7) is 1.67. The zero-order chi connectivity index (χ0) is 14.0. The van der Waals surface area contributed by atoms with Crippen LogP contribution in [0.3, 0.4) is 0 Å². The van der Waals surface area contributed by atoms with Crippen molar-refractivity contribution in [2.75, 3.05) is 5.32 Å². The van der Waals surface area contributed by atoms with Crippen LogP contribution in [0.2, 0.25) is 0 Å². The highest BCUT2D eigenvalue weighted by Gasteiger charge is 2.16. The van der Waals surface area contributed by atoms with Gasteiger partial charge in [-0.1, -0.05) is 12.1 Å². The number of hydrogen-bond acceptors (Lipinski definition) is 2. The highest BCUT2D eigenvalue weighted by molar-refractivity contribution is 9.10. The van der Waals surface area contributed by atoms with Crippen molar-refractivity contribution >= 4 is 27.5 Å². The molecule has 0 aliphatic carbocycles. The van der Waals surface area contributed by atoms with Crippen molar-refractivity contribution < 1.29 is 14.3 Å². The molecule has 2 aromatic rings. The lowest BCUT2D eigenvalue weighted by molar-refractivity contribution is 0.102. The molecule has 0 fully saturated rings. The molecule has 98 valence electrons. The predicted molar refractivity (Wildman–Crippen MR) is 74.9 cm³/mol. The number of hydrogen-bond donors (Lipinski definition) is 2. The summed E-state index contributed by atoms with van der Waals surface area (Å²) >= 11 is 3.14. The van der Waals surface area contributed by atoms with Gasteiger partial charge >= 0.3 is 0 Å². The van der Waals surface area contributed by atoms with E-state index in [1.165, 1.54) is 18.2 Å². The monoisotopic (exact) mass is 323 g/mol. The number of aromatic hydroxyl groups is 1. The summed E-state index contributed by atoms with van der Waals surface area (Å²) in [5.74, 6) is -1.10. The molecule has 0 atom stereocenters. The van der Waals surface area contributed by atoms with Crippen LogP contribution in [0.5, 0.6) is 5.75 Å². The number of phenols is 1. The minimum Gasteiger partial charge on any atom is -0.508 e. The van der Waals surface area contributed by atoms with Crippen molar-refractivity contribution in [3.8, 4) is 5.75 Å². The molecule has 0 aromatic heterocycles. The third-order valence-electron chi connectivity index (χ3n) is 2.74. The van der Waals surface area contributed by atoms with E-state index >= 15 is 0 Å². The summed E-state index contributed by atoms with van der Waals surface area (Å²) in [6.07, 6.45) is 0. The molecule has 0 heterocycles. The molecule has 1 amide bonds. The maximum Gasteiger partial charge on any atom is 0.259 e. The number of rotatable bonds is 2. The van der Waals surface area contributed by atoms with Gasteiger partial charge in [-0.15, -0.1) is 0 Å². The number of carbonyl (C=O) groups is 1. The first-order chi connectivity index (χ1) is 9.00. The smallest absolute Gasteiger partial charge is 0.259 e. The van der Waals surface area contributed by atoms with E-state index in [1.807, 2.05) is 0 Å². The van der Waals surface area contributed by atoms with Gasteiger partial charge in [-0.2, -0.15) is 0 Å². The molecule has 0 radical (unpaired) electrons. The van der Waals surface area contributed by atoms with Gasteiger partial charge in [0.1, 0.15) is 11.6 Å². The van der Waals surface area contributed by atoms with Gasteiger partial charge < -0.3 is 10.4 Å². The second kappa shape index (κ2) is 5.40. The Balaban J connectivity index is 2.34. The molecule has 0 bridgehead atoms. The average molecular weight is 324 g/mol. The number of halogens is 2. The fourth-order valence-electron chi connectivity index (χ4n) is 1.66. The van der Waals surface area contributed by atoms with E-state index in [9.17, 15) is 14.3 Å². The van der Waals surface area contributed by atoms with Crippen LogP contribution in [0.4, 0.5) is 10.1 Å². The first kappa shape index (κ1) is 13.5. The molecule has 0 aliphatic rings. The normalized spacial score (nSPS) is 10.3. The number of benzene rings is 2. The average Bonchev–Trinajstić information content (AvgIpc) is 2.35. The van der Waals surface area contributed by atoms with Crippen molar-refractivity contribution in [2.45, 2.75) is 6.92 Å². The van der Waals surface area contributed by atoms with Gasteiger partial charge in [0.15, 0.2) is 0 Å². The van der Waals surface area contributed by atoms with E-state index in [0.29, 0.717) is 15.7 Å². The third-order valence-corrected chi connectivity index (χ3v) is 3.40. The van der Waals surface area contributed by atoms with Crippen LogP contribution < -0.4 is 5.32 Å². The third kappa shape index (κ3) is 2.76. The Kier molecular flexibility index (Phi) is 3.85. The topological polar surface area (TPSA) is 49.3 Å². The second-order valence-corrected chi connectivity index (χ2v) is 4.85. The Bertz CT molecular complexity index is 623. The fraction of sp³-hybridized carbons (Fsp3) is 0.0714. The molecule has 2 aromatic carbocycles. The molecular weight excluding hydrogens is 313 g/mol. The van der Waals surface area contributed by atoms with Crippen LogP contribution in [-0.4, -0.2) is 11.0 Å². The maximum atomic E-state index is 13.6. The van der Waals surface area contributed by atoms with Gasteiger partial charge in [0, 0.05) is 15.7 Å². The summed E-state index contributed by atoms with van der Waals surface area (Å²) in [4.78, 5) is 12.1. The Labute approximate surface area is 118 Å². The number of phenolic OH excluding ortho intramolecular Hbond substituents is 1. The summed E-state index contributed by atoms with van der Waals surface area (Å²) in [7, 11) is 0. The van der Waals surface area contributed by atoms with E-state index in [2.05, 4.69) is 21.2 Å². The molecule has 0 spiro atoms. The molecule has 5 heteroatoms. The summed E-state index contributed by atoms with van der Waals surface area (Å²) in [5.41, 5.74) is 0.911. The van der Waals surface area contributed by atoms with Crippen LogP contribution in [0.15, 0.2) is 40.9 Å². The minimum atomic E-state index is -0.607. The van der Waals surface area contributed by atoms with Gasteiger partial charge in [0.25, 0.3) is 5.91 Å². The SMILES string of the molecule is Cc1c(O)cccc1NC(=O)c1c(F)cccc1Br. The van der Waals surface area contributed by atoms with Crippen LogP contribution in [0.1, 0.15) is 15.9 Å². The van der Waals surface area contributed by atoms with E-state index in [4.69, 9.17) is 0 Å². The number of amides is 1. The lowest BCUT2D eigenvalue weighted by atomic mass is 10.1. The lowest BCUT2D eigenvalue weighted by Gasteiger charge is -2.11. The first-order valence-corrected chi connectivity index (χ1v) is 6.34. The van der Waals surface area contributed by atoms with Crippen molar-refractivity contribution in [1.82, 2.24) is 0 Å². The maximum absolute atomic E-state index is 13.6. The van der Waals surface area contributed by atoms with E-state index in [-0.39, 0.29) is 11.3 Å². The van der Waals surface area contributed by atoms with Crippen LogP contribution in [0.25, 0.3) is 0 Å². The van der Waals surface area contributed by atoms with Gasteiger partial charge in [0.2, 0.25) is 0 Å². The van der Waals surface area contributed by atoms with Gasteiger partial charge in [-0.25, -0.2) is 4.39 Å². The molecule has 0 aliphatic heterocycles. The molecule has 2 rings (SSSR count). The van der Waals surface area contributed by atoms with Crippen LogP contribution in [-0.2, 0) is 0 Å².